The van der Waals surface area contributed by atoms with Gasteiger partial charge >= 0.3 is 0 Å². The summed E-state index contributed by atoms with van der Waals surface area (Å²) in [4.78, 5) is 1.18. The van der Waals surface area contributed by atoms with Crippen LogP contribution in [-0.4, -0.2) is 20.1 Å². The quantitative estimate of drug-likeness (QED) is 0.826. The second-order valence-corrected chi connectivity index (χ2v) is 7.37. The molecule has 4 rings (SSSR count). The van der Waals surface area contributed by atoms with Crippen molar-refractivity contribution in [1.29, 1.82) is 5.26 Å². The predicted molar refractivity (Wildman–Crippen MR) is 105 cm³/mol. The van der Waals surface area contributed by atoms with E-state index in [-0.39, 0.29) is 23.1 Å². The van der Waals surface area contributed by atoms with E-state index in [1.807, 2.05) is 19.2 Å². The SMILES string of the molecule is C[NH+]1CC2=C(OC(N)=C(C#N)[C@@H]2c2cccc(F)c2)/C(=C/c2cccc(F)c2)C1. The third kappa shape index (κ3) is 3.65. The maximum Gasteiger partial charge on any atom is 0.205 e. The van der Waals surface area contributed by atoms with E-state index in [2.05, 4.69) is 6.07 Å². The number of ether oxygens (including phenoxy) is 1. The van der Waals surface area contributed by atoms with Gasteiger partial charge in [-0.05, 0) is 41.5 Å². The summed E-state index contributed by atoms with van der Waals surface area (Å²) in [5.74, 6) is -0.570. The summed E-state index contributed by atoms with van der Waals surface area (Å²) >= 11 is 0. The van der Waals surface area contributed by atoms with E-state index in [0.717, 1.165) is 11.1 Å². The number of benzene rings is 2. The van der Waals surface area contributed by atoms with Gasteiger partial charge in [0.2, 0.25) is 5.88 Å². The first-order valence-corrected chi connectivity index (χ1v) is 9.30. The number of halogens is 2. The summed E-state index contributed by atoms with van der Waals surface area (Å²) in [6, 6.07) is 14.6. The van der Waals surface area contributed by atoms with E-state index < -0.39 is 5.92 Å². The Morgan fingerprint density at radius 3 is 2.55 bits per heavy atom. The lowest BCUT2D eigenvalue weighted by Gasteiger charge is -2.35. The van der Waals surface area contributed by atoms with Crippen LogP contribution in [0.1, 0.15) is 17.0 Å². The van der Waals surface area contributed by atoms with Gasteiger partial charge in [0.15, 0.2) is 0 Å². The summed E-state index contributed by atoms with van der Waals surface area (Å²) in [5, 5.41) is 9.70. The lowest BCUT2D eigenvalue weighted by molar-refractivity contribution is -0.871. The maximum absolute atomic E-state index is 13.9. The van der Waals surface area contributed by atoms with Gasteiger partial charge < -0.3 is 15.4 Å². The zero-order valence-corrected chi connectivity index (χ0v) is 15.9. The first-order valence-electron chi connectivity index (χ1n) is 9.30. The monoisotopic (exact) mass is 392 g/mol. The van der Waals surface area contributed by atoms with Gasteiger partial charge in [0.25, 0.3) is 0 Å². The summed E-state index contributed by atoms with van der Waals surface area (Å²) in [6.07, 6.45) is 1.87. The van der Waals surface area contributed by atoms with E-state index >= 15 is 0 Å². The van der Waals surface area contributed by atoms with Crippen LogP contribution in [-0.2, 0) is 4.74 Å². The zero-order valence-electron chi connectivity index (χ0n) is 15.9. The van der Waals surface area contributed by atoms with Crippen molar-refractivity contribution in [2.75, 3.05) is 20.1 Å². The Bertz CT molecular complexity index is 1110. The van der Waals surface area contributed by atoms with E-state index in [1.54, 1.807) is 18.2 Å². The molecular weight excluding hydrogens is 372 g/mol. The average Bonchev–Trinajstić information content (AvgIpc) is 2.67. The van der Waals surface area contributed by atoms with Crippen LogP contribution in [0, 0.1) is 23.0 Å². The molecule has 29 heavy (non-hydrogen) atoms. The van der Waals surface area contributed by atoms with Gasteiger partial charge in [-0.2, -0.15) is 5.26 Å². The fourth-order valence-electron chi connectivity index (χ4n) is 4.01. The summed E-state index contributed by atoms with van der Waals surface area (Å²) < 4.78 is 33.4. The minimum Gasteiger partial charge on any atom is -0.440 e. The number of nitriles is 1. The molecule has 0 spiro atoms. The van der Waals surface area contributed by atoms with Gasteiger partial charge in [0, 0.05) is 11.1 Å². The van der Waals surface area contributed by atoms with E-state index in [0.29, 0.717) is 30.0 Å². The third-order valence-corrected chi connectivity index (χ3v) is 5.17. The number of nitrogens with one attached hydrogen (secondary N) is 1. The van der Waals surface area contributed by atoms with Crippen molar-refractivity contribution in [3.63, 3.8) is 0 Å². The molecule has 6 heteroatoms. The smallest absolute Gasteiger partial charge is 0.205 e. The highest BCUT2D eigenvalue weighted by atomic mass is 19.1. The number of nitrogens with zero attached hydrogens (tertiary/aromatic N) is 1. The zero-order chi connectivity index (χ0) is 20.5. The molecule has 2 aromatic carbocycles. The van der Waals surface area contributed by atoms with Crippen LogP contribution in [0.5, 0.6) is 0 Å². The van der Waals surface area contributed by atoms with Crippen LogP contribution in [0.15, 0.2) is 76.9 Å². The molecule has 0 bridgehead atoms. The number of rotatable bonds is 2. The van der Waals surface area contributed by atoms with Crippen LogP contribution in [0.3, 0.4) is 0 Å². The van der Waals surface area contributed by atoms with Crippen molar-refractivity contribution in [2.45, 2.75) is 5.92 Å². The second-order valence-electron chi connectivity index (χ2n) is 7.37. The van der Waals surface area contributed by atoms with Crippen LogP contribution in [0.2, 0.25) is 0 Å². The molecule has 0 radical (unpaired) electrons. The molecular formula is C23H20F2N3O+. The number of hydrogen-bond acceptors (Lipinski definition) is 3. The van der Waals surface area contributed by atoms with E-state index in [1.165, 1.54) is 29.2 Å². The topological polar surface area (TPSA) is 63.5 Å². The number of allylic oxidation sites excluding steroid dienone is 1. The Labute approximate surface area is 167 Å². The molecule has 2 aromatic rings. The van der Waals surface area contributed by atoms with Gasteiger partial charge in [-0.3, -0.25) is 0 Å². The van der Waals surface area contributed by atoms with Gasteiger partial charge in [0.05, 0.1) is 13.0 Å². The van der Waals surface area contributed by atoms with Crippen molar-refractivity contribution < 1.29 is 18.4 Å². The standard InChI is InChI=1S/C23H19F2N3O/c1-28-12-16(8-14-4-2-6-17(24)9-14)22-20(13-28)21(19(11-26)23(27)29-22)15-5-3-7-18(25)10-15/h2-10,21H,12-13,27H2,1H3/p+1/b16-8+/t21-/m0/s1. The second kappa shape index (κ2) is 7.53. The molecule has 146 valence electrons. The molecule has 2 aliphatic rings. The summed E-state index contributed by atoms with van der Waals surface area (Å²) in [7, 11) is 2.03. The molecule has 4 nitrogen and oxygen atoms in total. The van der Waals surface area contributed by atoms with Crippen LogP contribution in [0.4, 0.5) is 8.78 Å². The fraction of sp³-hybridized carbons (Fsp3) is 0.174. The van der Waals surface area contributed by atoms with Crippen molar-refractivity contribution >= 4 is 6.08 Å². The molecule has 2 atom stereocenters. The van der Waals surface area contributed by atoms with Gasteiger partial charge in [0.1, 0.15) is 42.1 Å². The molecule has 0 fully saturated rings. The Morgan fingerprint density at radius 2 is 1.86 bits per heavy atom. The number of likely N-dealkylation sites (N-methyl/N-ethyl adjacent to an activating group) is 1. The molecule has 0 aliphatic carbocycles. The normalized spacial score (nSPS) is 22.9. The minimum atomic E-state index is -0.481. The average molecular weight is 392 g/mol. The Hall–Kier alpha value is -3.43. The molecule has 0 saturated heterocycles. The molecule has 3 N–H and O–H groups in total. The van der Waals surface area contributed by atoms with Crippen molar-refractivity contribution in [1.82, 2.24) is 0 Å². The largest absolute Gasteiger partial charge is 0.440 e. The van der Waals surface area contributed by atoms with Gasteiger partial charge in [-0.1, -0.05) is 24.3 Å². The maximum atomic E-state index is 13.9. The predicted octanol–water partition coefficient (Wildman–Crippen LogP) is 2.64. The summed E-state index contributed by atoms with van der Waals surface area (Å²) in [5.41, 5.74) is 9.45. The summed E-state index contributed by atoms with van der Waals surface area (Å²) in [6.45, 7) is 1.27. The highest BCUT2D eigenvalue weighted by Crippen LogP contribution is 2.41. The fourth-order valence-corrected chi connectivity index (χ4v) is 4.01. The number of hydrogen-bond donors (Lipinski definition) is 2. The molecule has 2 heterocycles. The third-order valence-electron chi connectivity index (χ3n) is 5.17. The Morgan fingerprint density at radius 1 is 1.14 bits per heavy atom. The minimum absolute atomic E-state index is 0.0187. The first-order chi connectivity index (χ1) is 14.0. The molecule has 0 amide bonds. The highest BCUT2D eigenvalue weighted by Gasteiger charge is 2.38. The van der Waals surface area contributed by atoms with Crippen LogP contribution >= 0.6 is 0 Å². The highest BCUT2D eigenvalue weighted by molar-refractivity contribution is 5.62. The van der Waals surface area contributed by atoms with Crippen molar-refractivity contribution in [2.24, 2.45) is 5.73 Å². The first kappa shape index (κ1) is 18.9. The number of quaternary nitrogens is 1. The number of nitrogens with two attached hydrogens (primary N) is 1. The lowest BCUT2D eigenvalue weighted by Crippen LogP contribution is -3.10. The Kier molecular flexibility index (Phi) is 4.91. The van der Waals surface area contributed by atoms with Crippen LogP contribution in [0.25, 0.3) is 6.08 Å². The van der Waals surface area contributed by atoms with Gasteiger partial charge in [-0.25, -0.2) is 8.78 Å². The Balaban J connectivity index is 1.88. The van der Waals surface area contributed by atoms with Crippen molar-refractivity contribution in [3.8, 4) is 6.07 Å². The van der Waals surface area contributed by atoms with E-state index in [4.69, 9.17) is 10.5 Å². The van der Waals surface area contributed by atoms with Crippen molar-refractivity contribution in [3.05, 3.63) is 99.7 Å². The molecule has 0 saturated carbocycles. The molecule has 1 unspecified atom stereocenters. The lowest BCUT2D eigenvalue weighted by atomic mass is 9.80. The van der Waals surface area contributed by atoms with E-state index in [9.17, 15) is 14.0 Å². The van der Waals surface area contributed by atoms with Gasteiger partial charge in [-0.15, -0.1) is 0 Å². The molecule has 0 aromatic heterocycles. The molecule has 2 aliphatic heterocycles. The van der Waals surface area contributed by atoms with Crippen LogP contribution < -0.4 is 10.6 Å².